The summed E-state index contributed by atoms with van der Waals surface area (Å²) < 4.78 is 23.1. The molecule has 138 valence electrons. The number of aromatic nitrogens is 2. The van der Waals surface area contributed by atoms with Gasteiger partial charge in [0.1, 0.15) is 5.82 Å². The molecule has 1 saturated heterocycles. The summed E-state index contributed by atoms with van der Waals surface area (Å²) in [5, 5.41) is 2.85. The molecule has 1 aromatic rings. The molecule has 0 spiro atoms. The summed E-state index contributed by atoms with van der Waals surface area (Å²) in [6.07, 6.45) is 4.97. The van der Waals surface area contributed by atoms with Gasteiger partial charge in [-0.05, 0) is 51.6 Å². The van der Waals surface area contributed by atoms with Crippen LogP contribution < -0.4 is 5.32 Å². The van der Waals surface area contributed by atoms with E-state index in [4.69, 9.17) is 0 Å². The van der Waals surface area contributed by atoms with Gasteiger partial charge in [-0.25, -0.2) is 18.4 Å². The Kier molecular flexibility index (Phi) is 5.38. The molecule has 1 amide bonds. The summed E-state index contributed by atoms with van der Waals surface area (Å²) in [4.78, 5) is 23.1. The Morgan fingerprint density at radius 1 is 1.28 bits per heavy atom. The van der Waals surface area contributed by atoms with Crippen molar-refractivity contribution in [3.8, 4) is 0 Å². The van der Waals surface area contributed by atoms with Crippen LogP contribution in [0, 0.1) is 6.92 Å². The molecule has 2 heterocycles. The molecule has 0 radical (unpaired) electrons. The van der Waals surface area contributed by atoms with E-state index >= 15 is 0 Å². The summed E-state index contributed by atoms with van der Waals surface area (Å²) in [6, 6.07) is -0.0713. The van der Waals surface area contributed by atoms with Gasteiger partial charge in [0.25, 0.3) is 0 Å². The molecular formula is C17H26N4O3S. The summed E-state index contributed by atoms with van der Waals surface area (Å²) >= 11 is 0. The molecule has 1 fully saturated rings. The molecule has 0 bridgehead atoms. The lowest BCUT2D eigenvalue weighted by atomic mass is 9.95. The predicted octanol–water partition coefficient (Wildman–Crippen LogP) is 0.399. The number of carbonyl (C=O) groups excluding carboxylic acids is 1. The predicted molar refractivity (Wildman–Crippen MR) is 94.9 cm³/mol. The minimum atomic E-state index is -2.94. The van der Waals surface area contributed by atoms with E-state index in [9.17, 15) is 13.2 Å². The summed E-state index contributed by atoms with van der Waals surface area (Å²) in [5.41, 5.74) is 3.40. The number of amides is 1. The highest BCUT2D eigenvalue weighted by Crippen LogP contribution is 2.21. The number of carbonyl (C=O) groups is 1. The Labute approximate surface area is 149 Å². The molecule has 1 N–H and O–H groups in total. The van der Waals surface area contributed by atoms with E-state index in [0.29, 0.717) is 18.8 Å². The van der Waals surface area contributed by atoms with E-state index in [1.54, 1.807) is 7.05 Å². The lowest BCUT2D eigenvalue weighted by molar-refractivity contribution is -0.122. The standard InChI is InChI=1S/C17H26N4O3S/c1-12-14-5-3-4-6-15(14)20-16(19-12)9-18-17(22)10-21(2)13-7-8-25(23,24)11-13/h13H,3-11H2,1-2H3,(H,18,22)/t13-/m0/s1. The molecule has 25 heavy (non-hydrogen) atoms. The van der Waals surface area contributed by atoms with Crippen LogP contribution in [0.5, 0.6) is 0 Å². The second-order valence-electron chi connectivity index (χ2n) is 7.11. The van der Waals surface area contributed by atoms with Crippen molar-refractivity contribution in [2.75, 3.05) is 25.1 Å². The Morgan fingerprint density at radius 2 is 2.04 bits per heavy atom. The lowest BCUT2D eigenvalue weighted by Gasteiger charge is -2.22. The van der Waals surface area contributed by atoms with Gasteiger partial charge in [-0.1, -0.05) is 0 Å². The SMILES string of the molecule is Cc1nc(CNC(=O)CN(C)[C@H]2CCS(=O)(=O)C2)nc2c1CCCC2. The first-order valence-corrected chi connectivity index (χ1v) is 10.7. The fraction of sp³-hybridized carbons (Fsp3) is 0.706. The lowest BCUT2D eigenvalue weighted by Crippen LogP contribution is -2.41. The molecule has 8 heteroatoms. The summed E-state index contributed by atoms with van der Waals surface area (Å²) in [7, 11) is -1.14. The zero-order chi connectivity index (χ0) is 18.0. The summed E-state index contributed by atoms with van der Waals surface area (Å²) in [6.45, 7) is 2.50. The topological polar surface area (TPSA) is 92.3 Å². The van der Waals surface area contributed by atoms with Crippen molar-refractivity contribution >= 4 is 15.7 Å². The quantitative estimate of drug-likeness (QED) is 0.811. The van der Waals surface area contributed by atoms with Gasteiger partial charge >= 0.3 is 0 Å². The molecule has 1 aromatic heterocycles. The Bertz CT molecular complexity index is 763. The largest absolute Gasteiger partial charge is 0.348 e. The van der Waals surface area contributed by atoms with Crippen molar-refractivity contribution in [1.29, 1.82) is 0 Å². The van der Waals surface area contributed by atoms with Crippen LogP contribution >= 0.6 is 0 Å². The van der Waals surface area contributed by atoms with Crippen molar-refractivity contribution in [2.24, 2.45) is 0 Å². The van der Waals surface area contributed by atoms with Gasteiger partial charge < -0.3 is 5.32 Å². The second kappa shape index (κ2) is 7.37. The second-order valence-corrected chi connectivity index (χ2v) is 9.34. The van der Waals surface area contributed by atoms with Crippen LogP contribution in [0.15, 0.2) is 0 Å². The number of hydrogen-bond acceptors (Lipinski definition) is 6. The van der Waals surface area contributed by atoms with Crippen LogP contribution in [0.1, 0.15) is 42.0 Å². The Hall–Kier alpha value is -1.54. The van der Waals surface area contributed by atoms with Gasteiger partial charge in [0.2, 0.25) is 5.91 Å². The maximum Gasteiger partial charge on any atom is 0.234 e. The molecule has 1 aliphatic heterocycles. The number of fused-ring (bicyclic) bond motifs is 1. The van der Waals surface area contributed by atoms with Crippen LogP contribution in [-0.4, -0.2) is 60.3 Å². The monoisotopic (exact) mass is 366 g/mol. The molecule has 0 saturated carbocycles. The van der Waals surface area contributed by atoms with Crippen LogP contribution in [0.4, 0.5) is 0 Å². The number of rotatable bonds is 5. The minimum absolute atomic E-state index is 0.0713. The third-order valence-corrected chi connectivity index (χ3v) is 6.85. The molecule has 0 unspecified atom stereocenters. The van der Waals surface area contributed by atoms with Crippen LogP contribution in [0.2, 0.25) is 0 Å². The Morgan fingerprint density at radius 3 is 2.76 bits per heavy atom. The third kappa shape index (κ3) is 4.55. The average Bonchev–Trinajstić information content (AvgIpc) is 2.93. The van der Waals surface area contributed by atoms with Gasteiger partial charge in [0.05, 0.1) is 24.6 Å². The first-order valence-electron chi connectivity index (χ1n) is 8.87. The zero-order valence-electron chi connectivity index (χ0n) is 14.9. The van der Waals surface area contributed by atoms with Gasteiger partial charge in [0.15, 0.2) is 9.84 Å². The molecule has 0 aromatic carbocycles. The number of sulfone groups is 1. The van der Waals surface area contributed by atoms with E-state index in [-0.39, 0.29) is 30.0 Å². The van der Waals surface area contributed by atoms with Crippen molar-refractivity contribution in [1.82, 2.24) is 20.2 Å². The van der Waals surface area contributed by atoms with Gasteiger partial charge in [0, 0.05) is 17.4 Å². The molecule has 3 rings (SSSR count). The zero-order valence-corrected chi connectivity index (χ0v) is 15.7. The first kappa shape index (κ1) is 18.3. The Balaban J connectivity index is 1.53. The van der Waals surface area contributed by atoms with Crippen LogP contribution in [-0.2, 0) is 34.0 Å². The van der Waals surface area contributed by atoms with Crippen molar-refractivity contribution in [3.63, 3.8) is 0 Å². The fourth-order valence-electron chi connectivity index (χ4n) is 3.64. The number of hydrogen-bond donors (Lipinski definition) is 1. The maximum absolute atomic E-state index is 12.2. The van der Waals surface area contributed by atoms with Crippen molar-refractivity contribution in [2.45, 2.75) is 51.6 Å². The number of nitrogens with one attached hydrogen (secondary N) is 1. The average molecular weight is 366 g/mol. The molecule has 1 atom stereocenters. The van der Waals surface area contributed by atoms with E-state index in [2.05, 4.69) is 15.3 Å². The van der Waals surface area contributed by atoms with Crippen LogP contribution in [0.25, 0.3) is 0 Å². The highest BCUT2D eigenvalue weighted by Gasteiger charge is 2.31. The maximum atomic E-state index is 12.2. The van der Waals surface area contributed by atoms with Crippen LogP contribution in [0.3, 0.4) is 0 Å². The number of nitrogens with zero attached hydrogens (tertiary/aromatic N) is 3. The number of aryl methyl sites for hydroxylation is 2. The summed E-state index contributed by atoms with van der Waals surface area (Å²) in [5.74, 6) is 0.874. The van der Waals surface area contributed by atoms with E-state index in [1.807, 2.05) is 11.8 Å². The molecule has 2 aliphatic rings. The fourth-order valence-corrected chi connectivity index (χ4v) is 5.44. The molecule has 1 aliphatic carbocycles. The van der Waals surface area contributed by atoms with E-state index < -0.39 is 9.84 Å². The molecular weight excluding hydrogens is 340 g/mol. The van der Waals surface area contributed by atoms with E-state index in [0.717, 1.165) is 30.7 Å². The van der Waals surface area contributed by atoms with E-state index in [1.165, 1.54) is 12.0 Å². The highest BCUT2D eigenvalue weighted by atomic mass is 32.2. The minimum Gasteiger partial charge on any atom is -0.348 e. The first-order chi connectivity index (χ1) is 11.8. The van der Waals surface area contributed by atoms with Gasteiger partial charge in [-0.15, -0.1) is 0 Å². The van der Waals surface area contributed by atoms with Gasteiger partial charge in [-0.2, -0.15) is 0 Å². The third-order valence-electron chi connectivity index (χ3n) is 5.10. The van der Waals surface area contributed by atoms with Crippen molar-refractivity contribution in [3.05, 3.63) is 22.8 Å². The molecule has 7 nitrogen and oxygen atoms in total. The smallest absolute Gasteiger partial charge is 0.234 e. The van der Waals surface area contributed by atoms with Gasteiger partial charge in [-0.3, -0.25) is 9.69 Å². The normalized spacial score (nSPS) is 22.0. The number of likely N-dealkylation sites (N-methyl/N-ethyl adjacent to an activating group) is 1. The highest BCUT2D eigenvalue weighted by molar-refractivity contribution is 7.91. The van der Waals surface area contributed by atoms with Crippen molar-refractivity contribution < 1.29 is 13.2 Å².